The molecule has 3 aromatic rings. The summed E-state index contributed by atoms with van der Waals surface area (Å²) in [5, 5.41) is 15.7. The van der Waals surface area contributed by atoms with E-state index >= 15 is 0 Å². The third kappa shape index (κ3) is 8.44. The quantitative estimate of drug-likeness (QED) is 0.0782. The van der Waals surface area contributed by atoms with Crippen LogP contribution in [0.1, 0.15) is 24.8 Å². The minimum Gasteiger partial charge on any atom is -0.368 e. The fourth-order valence-electron chi connectivity index (χ4n) is 4.44. The van der Waals surface area contributed by atoms with E-state index in [0.29, 0.717) is 29.3 Å². The number of hydrogen-bond acceptors (Lipinski definition) is 7. The molecule has 0 saturated heterocycles. The van der Waals surface area contributed by atoms with Crippen molar-refractivity contribution in [3.05, 3.63) is 64.2 Å². The number of para-hydroxylation sites is 2. The molecular weight excluding hydrogens is 544 g/mol. The number of aliphatic imine (C=N–C) groups is 1. The molecule has 0 bridgehead atoms. The summed E-state index contributed by atoms with van der Waals surface area (Å²) in [6.45, 7) is 0.602. The van der Waals surface area contributed by atoms with Gasteiger partial charge in [-0.15, -0.1) is 0 Å². The van der Waals surface area contributed by atoms with Crippen molar-refractivity contribution in [2.24, 2.45) is 16.5 Å². The monoisotopic (exact) mass is 582 g/mol. The molecule has 12 nitrogen and oxygen atoms in total. The van der Waals surface area contributed by atoms with Crippen molar-refractivity contribution in [3.63, 3.8) is 0 Å². The molecule has 0 saturated carbocycles. The van der Waals surface area contributed by atoms with Gasteiger partial charge in [-0.2, -0.15) is 0 Å². The summed E-state index contributed by atoms with van der Waals surface area (Å²) in [5.74, 6) is -0.313. The molecule has 0 aliphatic heterocycles. The van der Waals surface area contributed by atoms with E-state index in [9.17, 15) is 19.7 Å². The first-order valence-corrected chi connectivity index (χ1v) is 14.1. The molecule has 2 amide bonds. The number of nitrogens with zero attached hydrogens (tertiary/aromatic N) is 4. The summed E-state index contributed by atoms with van der Waals surface area (Å²) in [7, 11) is 7.71. The summed E-state index contributed by atoms with van der Waals surface area (Å²) in [5.41, 5.74) is 13.3. The Hall–Kier alpha value is -4.10. The van der Waals surface area contributed by atoms with Crippen LogP contribution < -0.4 is 16.8 Å². The predicted octanol–water partition coefficient (Wildman–Crippen LogP) is 2.72. The van der Waals surface area contributed by atoms with Crippen LogP contribution in [0.3, 0.4) is 0 Å². The van der Waals surface area contributed by atoms with Gasteiger partial charge in [0.2, 0.25) is 11.8 Å². The number of nitrogens with one attached hydrogen (secondary N) is 2. The van der Waals surface area contributed by atoms with Crippen LogP contribution >= 0.6 is 11.8 Å². The van der Waals surface area contributed by atoms with Crippen LogP contribution in [0.15, 0.2) is 63.4 Å². The SMILES string of the molecule is CN(C)C(=NCCCC[C@H](N)C(=O)N[C@@H](Cc1c(Sc2ccccc2[N+](=O)[O-])[nH]c2ccccc12)C(N)=O)N(C)C. The van der Waals surface area contributed by atoms with E-state index in [2.05, 4.69) is 15.3 Å². The second kappa shape index (κ2) is 14.5. The number of guanidine groups is 1. The van der Waals surface area contributed by atoms with Crippen molar-refractivity contribution in [1.82, 2.24) is 20.1 Å². The van der Waals surface area contributed by atoms with Gasteiger partial charge in [0.15, 0.2) is 5.96 Å². The highest BCUT2D eigenvalue weighted by atomic mass is 32.2. The number of carbonyl (C=O) groups excluding carboxylic acids is 2. The maximum absolute atomic E-state index is 12.9. The number of amides is 2. The number of nitrogens with two attached hydrogens (primary N) is 2. The molecule has 2 atom stereocenters. The van der Waals surface area contributed by atoms with Crippen LogP contribution in [-0.2, 0) is 16.0 Å². The molecule has 0 aliphatic rings. The van der Waals surface area contributed by atoms with Crippen molar-refractivity contribution in [2.45, 2.75) is 47.7 Å². The molecule has 0 aliphatic carbocycles. The lowest BCUT2D eigenvalue weighted by atomic mass is 10.0. The third-order valence-corrected chi connectivity index (χ3v) is 7.55. The van der Waals surface area contributed by atoms with E-state index in [1.165, 1.54) is 17.8 Å². The maximum atomic E-state index is 12.9. The molecule has 0 radical (unpaired) electrons. The van der Waals surface area contributed by atoms with Crippen LogP contribution in [0.4, 0.5) is 5.69 Å². The van der Waals surface area contributed by atoms with Crippen LogP contribution in [0.5, 0.6) is 0 Å². The number of hydrogen-bond donors (Lipinski definition) is 4. The Kier molecular flexibility index (Phi) is 11.1. The van der Waals surface area contributed by atoms with Gasteiger partial charge in [-0.3, -0.25) is 24.7 Å². The number of primary amides is 1. The molecule has 1 aromatic heterocycles. The topological polar surface area (TPSA) is 176 Å². The number of H-pyrrole nitrogens is 1. The Morgan fingerprint density at radius 1 is 1.07 bits per heavy atom. The zero-order chi connectivity index (χ0) is 30.1. The zero-order valence-corrected chi connectivity index (χ0v) is 24.6. The van der Waals surface area contributed by atoms with Crippen LogP contribution in [0.25, 0.3) is 10.9 Å². The van der Waals surface area contributed by atoms with E-state index in [-0.39, 0.29) is 12.1 Å². The molecule has 1 heterocycles. The fraction of sp³-hybridized carbons (Fsp3) is 0.393. The Labute approximate surface area is 243 Å². The summed E-state index contributed by atoms with van der Waals surface area (Å²) in [4.78, 5) is 48.7. The molecule has 13 heteroatoms. The Bertz CT molecular complexity index is 1390. The number of rotatable bonds is 13. The fourth-order valence-corrected chi connectivity index (χ4v) is 5.54. The smallest absolute Gasteiger partial charge is 0.283 e. The van der Waals surface area contributed by atoms with Crippen LogP contribution in [-0.4, -0.2) is 84.3 Å². The molecular formula is C28H38N8O4S. The predicted molar refractivity (Wildman–Crippen MR) is 162 cm³/mol. The third-order valence-electron chi connectivity index (χ3n) is 6.43. The van der Waals surface area contributed by atoms with Gasteiger partial charge >= 0.3 is 0 Å². The van der Waals surface area contributed by atoms with Crippen LogP contribution in [0.2, 0.25) is 0 Å². The molecule has 3 rings (SSSR count). The molecule has 0 spiro atoms. The van der Waals surface area contributed by atoms with E-state index < -0.39 is 28.8 Å². The standard InChI is InChI=1S/C28H38N8O4S/c1-34(2)28(35(3)4)31-16-10-9-12-20(29)26(38)32-22(25(30)37)17-19-18-11-5-6-13-21(18)33-27(19)41-24-15-8-7-14-23(24)36(39)40/h5-8,11,13-15,20,22,33H,9-10,12,16-17,29H2,1-4H3,(H2,30,37)(H,32,38)/t20-,22-/m0/s1. The first-order valence-electron chi connectivity index (χ1n) is 13.2. The molecule has 41 heavy (non-hydrogen) atoms. The van der Waals surface area contributed by atoms with Gasteiger partial charge in [-0.25, -0.2) is 0 Å². The number of aromatic amines is 1. The number of benzene rings is 2. The van der Waals surface area contributed by atoms with Gasteiger partial charge in [0.05, 0.1) is 20.9 Å². The van der Waals surface area contributed by atoms with E-state index in [1.807, 2.05) is 62.3 Å². The van der Waals surface area contributed by atoms with Crippen LogP contribution in [0, 0.1) is 10.1 Å². The van der Waals surface area contributed by atoms with Gasteiger partial charge in [0, 0.05) is 58.1 Å². The Balaban J connectivity index is 1.71. The van der Waals surface area contributed by atoms with E-state index in [4.69, 9.17) is 11.5 Å². The second-order valence-corrected chi connectivity index (χ2v) is 11.1. The van der Waals surface area contributed by atoms with Crippen molar-refractivity contribution < 1.29 is 14.5 Å². The summed E-state index contributed by atoms with van der Waals surface area (Å²) >= 11 is 1.19. The zero-order valence-electron chi connectivity index (χ0n) is 23.8. The average molecular weight is 583 g/mol. The van der Waals surface area contributed by atoms with Gasteiger partial charge in [0.25, 0.3) is 5.69 Å². The number of nitro groups is 1. The van der Waals surface area contributed by atoms with E-state index in [1.54, 1.807) is 18.2 Å². The number of fused-ring (bicyclic) bond motifs is 1. The van der Waals surface area contributed by atoms with Gasteiger partial charge in [-0.1, -0.05) is 42.1 Å². The lowest BCUT2D eigenvalue weighted by Gasteiger charge is -2.22. The number of nitro benzene ring substituents is 1. The minimum absolute atomic E-state index is 0.0295. The normalized spacial score (nSPS) is 12.4. The van der Waals surface area contributed by atoms with E-state index in [0.717, 1.165) is 28.8 Å². The lowest BCUT2D eigenvalue weighted by molar-refractivity contribution is -0.387. The van der Waals surface area contributed by atoms with Crippen molar-refractivity contribution in [3.8, 4) is 0 Å². The van der Waals surface area contributed by atoms with Crippen molar-refractivity contribution in [2.75, 3.05) is 34.7 Å². The lowest BCUT2D eigenvalue weighted by Crippen LogP contribution is -2.51. The first-order chi connectivity index (χ1) is 19.5. The highest BCUT2D eigenvalue weighted by molar-refractivity contribution is 7.99. The first kappa shape index (κ1) is 31.4. The molecule has 220 valence electrons. The minimum atomic E-state index is -1.02. The van der Waals surface area contributed by atoms with Gasteiger partial charge < -0.3 is 31.6 Å². The Morgan fingerprint density at radius 2 is 1.73 bits per heavy atom. The van der Waals surface area contributed by atoms with Crippen molar-refractivity contribution >= 4 is 46.1 Å². The number of unbranched alkanes of at least 4 members (excludes halogenated alkanes) is 1. The molecule has 0 unspecified atom stereocenters. The molecule has 0 fully saturated rings. The number of carbonyl (C=O) groups is 2. The van der Waals surface area contributed by atoms with Gasteiger partial charge in [0.1, 0.15) is 6.04 Å². The maximum Gasteiger partial charge on any atom is 0.283 e. The highest BCUT2D eigenvalue weighted by Gasteiger charge is 2.26. The second-order valence-electron chi connectivity index (χ2n) is 10.0. The summed E-state index contributed by atoms with van der Waals surface area (Å²) in [6, 6.07) is 12.1. The Morgan fingerprint density at radius 3 is 2.39 bits per heavy atom. The molecule has 2 aromatic carbocycles. The molecule has 6 N–H and O–H groups in total. The summed E-state index contributed by atoms with van der Waals surface area (Å²) < 4.78 is 0. The largest absolute Gasteiger partial charge is 0.368 e. The highest BCUT2D eigenvalue weighted by Crippen LogP contribution is 2.39. The number of aromatic nitrogens is 1. The van der Waals surface area contributed by atoms with Crippen molar-refractivity contribution in [1.29, 1.82) is 0 Å². The van der Waals surface area contributed by atoms with Gasteiger partial charge in [-0.05, 0) is 37.0 Å². The summed E-state index contributed by atoms with van der Waals surface area (Å²) in [6.07, 6.45) is 1.96. The average Bonchev–Trinajstić information content (AvgIpc) is 3.26.